The third-order valence-electron chi connectivity index (χ3n) is 3.37. The lowest BCUT2D eigenvalue weighted by Gasteiger charge is -2.31. The van der Waals surface area contributed by atoms with Gasteiger partial charge in [-0.2, -0.15) is 0 Å². The fraction of sp³-hybridized carbons (Fsp3) is 0.312. The van der Waals surface area contributed by atoms with Crippen LogP contribution in [-0.4, -0.2) is 23.0 Å². The number of likely N-dealkylation sites (N-methyl/N-ethyl adjacent to an activating group) is 1. The standard InChI is InChI=1S/C16H20FN3/c1-12(18)16(14-7-9-19-10-8-14)20(2)11-13-3-5-15(17)6-4-13/h3-10,12,16H,11,18H2,1-2H3. The van der Waals surface area contributed by atoms with Gasteiger partial charge in [0.15, 0.2) is 0 Å². The van der Waals surface area contributed by atoms with Crippen molar-refractivity contribution in [3.63, 3.8) is 0 Å². The Morgan fingerprint density at radius 1 is 1.15 bits per heavy atom. The fourth-order valence-electron chi connectivity index (χ4n) is 2.50. The minimum Gasteiger partial charge on any atom is -0.326 e. The first kappa shape index (κ1) is 14.6. The van der Waals surface area contributed by atoms with E-state index in [0.717, 1.165) is 17.7 Å². The van der Waals surface area contributed by atoms with Gasteiger partial charge in [0.05, 0.1) is 0 Å². The number of halogens is 1. The van der Waals surface area contributed by atoms with E-state index in [4.69, 9.17) is 5.73 Å². The Bertz CT molecular complexity index is 525. The molecule has 3 nitrogen and oxygen atoms in total. The van der Waals surface area contributed by atoms with Crippen LogP contribution < -0.4 is 5.73 Å². The molecule has 0 saturated carbocycles. The van der Waals surface area contributed by atoms with Crippen LogP contribution in [0.2, 0.25) is 0 Å². The summed E-state index contributed by atoms with van der Waals surface area (Å²) in [5, 5.41) is 0. The lowest BCUT2D eigenvalue weighted by Crippen LogP contribution is -2.36. The lowest BCUT2D eigenvalue weighted by molar-refractivity contribution is 0.211. The van der Waals surface area contributed by atoms with Crippen LogP contribution in [-0.2, 0) is 6.54 Å². The quantitative estimate of drug-likeness (QED) is 0.911. The van der Waals surface area contributed by atoms with Crippen molar-refractivity contribution in [2.75, 3.05) is 7.05 Å². The molecule has 1 heterocycles. The van der Waals surface area contributed by atoms with Gasteiger partial charge in [0.2, 0.25) is 0 Å². The minimum atomic E-state index is -0.214. The van der Waals surface area contributed by atoms with Gasteiger partial charge in [0.1, 0.15) is 5.82 Å². The molecule has 2 aromatic rings. The Morgan fingerprint density at radius 2 is 1.75 bits per heavy atom. The Morgan fingerprint density at radius 3 is 2.30 bits per heavy atom. The smallest absolute Gasteiger partial charge is 0.123 e. The first-order valence-electron chi connectivity index (χ1n) is 6.68. The summed E-state index contributed by atoms with van der Waals surface area (Å²) in [5.41, 5.74) is 8.33. The van der Waals surface area contributed by atoms with Crippen molar-refractivity contribution in [1.82, 2.24) is 9.88 Å². The van der Waals surface area contributed by atoms with Gasteiger partial charge in [-0.25, -0.2) is 4.39 Å². The maximum Gasteiger partial charge on any atom is 0.123 e. The third kappa shape index (κ3) is 3.62. The molecule has 0 spiro atoms. The van der Waals surface area contributed by atoms with E-state index in [9.17, 15) is 4.39 Å². The lowest BCUT2D eigenvalue weighted by atomic mass is 10.00. The zero-order valence-electron chi connectivity index (χ0n) is 11.8. The van der Waals surface area contributed by atoms with E-state index in [2.05, 4.69) is 9.88 Å². The molecule has 2 unspecified atom stereocenters. The zero-order valence-corrected chi connectivity index (χ0v) is 11.8. The molecule has 2 rings (SSSR count). The molecule has 0 fully saturated rings. The fourth-order valence-corrected chi connectivity index (χ4v) is 2.50. The average molecular weight is 273 g/mol. The highest BCUT2D eigenvalue weighted by atomic mass is 19.1. The van der Waals surface area contributed by atoms with E-state index >= 15 is 0 Å². The monoisotopic (exact) mass is 273 g/mol. The number of hydrogen-bond donors (Lipinski definition) is 1. The van der Waals surface area contributed by atoms with Crippen molar-refractivity contribution in [2.45, 2.75) is 25.6 Å². The van der Waals surface area contributed by atoms with Gasteiger partial charge in [0.25, 0.3) is 0 Å². The van der Waals surface area contributed by atoms with E-state index in [1.54, 1.807) is 24.5 Å². The van der Waals surface area contributed by atoms with Crippen LogP contribution in [0, 0.1) is 5.82 Å². The molecule has 1 aromatic carbocycles. The second-order valence-corrected chi connectivity index (χ2v) is 5.13. The third-order valence-corrected chi connectivity index (χ3v) is 3.37. The minimum absolute atomic E-state index is 0.0113. The summed E-state index contributed by atoms with van der Waals surface area (Å²) in [5.74, 6) is -0.214. The van der Waals surface area contributed by atoms with E-state index < -0.39 is 0 Å². The average Bonchev–Trinajstić information content (AvgIpc) is 2.42. The van der Waals surface area contributed by atoms with Crippen molar-refractivity contribution in [3.05, 3.63) is 65.7 Å². The van der Waals surface area contributed by atoms with E-state index in [-0.39, 0.29) is 17.9 Å². The van der Waals surface area contributed by atoms with E-state index in [0.29, 0.717) is 0 Å². The van der Waals surface area contributed by atoms with Crippen molar-refractivity contribution in [2.24, 2.45) is 5.73 Å². The van der Waals surface area contributed by atoms with Crippen LogP contribution in [0.25, 0.3) is 0 Å². The highest BCUT2D eigenvalue weighted by Crippen LogP contribution is 2.23. The molecule has 0 aliphatic carbocycles. The number of aromatic nitrogens is 1. The van der Waals surface area contributed by atoms with Gasteiger partial charge in [-0.3, -0.25) is 9.88 Å². The van der Waals surface area contributed by atoms with E-state index in [1.807, 2.05) is 26.1 Å². The van der Waals surface area contributed by atoms with Crippen LogP contribution in [0.1, 0.15) is 24.1 Å². The van der Waals surface area contributed by atoms with Crippen LogP contribution in [0.15, 0.2) is 48.8 Å². The second-order valence-electron chi connectivity index (χ2n) is 5.13. The molecule has 0 bridgehead atoms. The normalized spacial score (nSPS) is 14.2. The van der Waals surface area contributed by atoms with Gasteiger partial charge < -0.3 is 5.73 Å². The molecule has 2 atom stereocenters. The summed E-state index contributed by atoms with van der Waals surface area (Å²) >= 11 is 0. The summed E-state index contributed by atoms with van der Waals surface area (Å²) in [6, 6.07) is 10.6. The summed E-state index contributed by atoms with van der Waals surface area (Å²) in [6.45, 7) is 2.71. The summed E-state index contributed by atoms with van der Waals surface area (Å²) < 4.78 is 12.9. The van der Waals surface area contributed by atoms with E-state index in [1.165, 1.54) is 12.1 Å². The molecule has 20 heavy (non-hydrogen) atoms. The molecule has 1 aromatic heterocycles. The van der Waals surface area contributed by atoms with Gasteiger partial charge in [-0.15, -0.1) is 0 Å². The van der Waals surface area contributed by atoms with Crippen molar-refractivity contribution in [1.29, 1.82) is 0 Å². The number of benzene rings is 1. The Kier molecular flexibility index (Phi) is 4.82. The Hall–Kier alpha value is -1.78. The maximum atomic E-state index is 12.9. The van der Waals surface area contributed by atoms with Gasteiger partial charge in [0, 0.05) is 31.0 Å². The topological polar surface area (TPSA) is 42.1 Å². The molecule has 0 amide bonds. The molecule has 4 heteroatoms. The molecule has 0 aliphatic rings. The molecule has 0 aliphatic heterocycles. The molecule has 106 valence electrons. The van der Waals surface area contributed by atoms with Crippen LogP contribution >= 0.6 is 0 Å². The SMILES string of the molecule is CC(N)C(c1ccncc1)N(C)Cc1ccc(F)cc1. The number of hydrogen-bond acceptors (Lipinski definition) is 3. The van der Waals surface area contributed by atoms with Crippen LogP contribution in [0.4, 0.5) is 4.39 Å². The number of rotatable bonds is 5. The summed E-state index contributed by atoms with van der Waals surface area (Å²) in [4.78, 5) is 6.21. The molecule has 2 N–H and O–H groups in total. The number of nitrogens with zero attached hydrogens (tertiary/aromatic N) is 2. The number of nitrogens with two attached hydrogens (primary N) is 1. The van der Waals surface area contributed by atoms with Crippen LogP contribution in [0.5, 0.6) is 0 Å². The first-order valence-corrected chi connectivity index (χ1v) is 6.68. The maximum absolute atomic E-state index is 12.9. The number of pyridine rings is 1. The molecule has 0 saturated heterocycles. The summed E-state index contributed by atoms with van der Waals surface area (Å²) in [7, 11) is 2.03. The summed E-state index contributed by atoms with van der Waals surface area (Å²) in [6.07, 6.45) is 3.55. The van der Waals surface area contributed by atoms with Gasteiger partial charge in [-0.1, -0.05) is 12.1 Å². The predicted octanol–water partition coefficient (Wildman–Crippen LogP) is 2.74. The molecule has 0 radical (unpaired) electrons. The van der Waals surface area contributed by atoms with Crippen molar-refractivity contribution >= 4 is 0 Å². The zero-order chi connectivity index (χ0) is 14.5. The Labute approximate surface area is 119 Å². The van der Waals surface area contributed by atoms with Crippen LogP contribution in [0.3, 0.4) is 0 Å². The largest absolute Gasteiger partial charge is 0.326 e. The van der Waals surface area contributed by atoms with Crippen molar-refractivity contribution < 1.29 is 4.39 Å². The highest BCUT2D eigenvalue weighted by Gasteiger charge is 2.21. The first-order chi connectivity index (χ1) is 9.58. The molecular weight excluding hydrogens is 253 g/mol. The Balaban J connectivity index is 2.15. The van der Waals surface area contributed by atoms with Gasteiger partial charge in [-0.05, 0) is 49.4 Å². The molecular formula is C16H20FN3. The predicted molar refractivity (Wildman–Crippen MR) is 78.5 cm³/mol. The van der Waals surface area contributed by atoms with Gasteiger partial charge >= 0.3 is 0 Å². The highest BCUT2D eigenvalue weighted by molar-refractivity contribution is 5.19. The van der Waals surface area contributed by atoms with Crippen molar-refractivity contribution in [3.8, 4) is 0 Å². The second kappa shape index (κ2) is 6.59.